The van der Waals surface area contributed by atoms with Crippen LogP contribution in [0.2, 0.25) is 0 Å². The van der Waals surface area contributed by atoms with Gasteiger partial charge in [-0.25, -0.2) is 0 Å². The van der Waals surface area contributed by atoms with E-state index in [-0.39, 0.29) is 6.04 Å². The number of benzene rings is 1. The predicted octanol–water partition coefficient (Wildman–Crippen LogP) is 3.72. The number of rotatable bonds is 5. The maximum atomic E-state index is 5.75. The summed E-state index contributed by atoms with van der Waals surface area (Å²) in [6.07, 6.45) is 8.32. The van der Waals surface area contributed by atoms with Gasteiger partial charge in [-0.15, -0.1) is 0 Å². The van der Waals surface area contributed by atoms with E-state index in [4.69, 9.17) is 19.1 Å². The van der Waals surface area contributed by atoms with Crippen molar-refractivity contribution in [1.29, 1.82) is 0 Å². The average molecular weight is 471 g/mol. The Labute approximate surface area is 204 Å². The molecule has 2 aliphatic heterocycles. The fourth-order valence-corrected chi connectivity index (χ4v) is 5.71. The first-order valence-corrected chi connectivity index (χ1v) is 12.2. The third kappa shape index (κ3) is 3.75. The van der Waals surface area contributed by atoms with Crippen LogP contribution in [-0.2, 0) is 9.57 Å². The number of aromatic nitrogens is 3. The quantitative estimate of drug-likeness (QED) is 0.443. The fourth-order valence-electron chi connectivity index (χ4n) is 5.71. The maximum Gasteiger partial charge on any atom is 0.141 e. The summed E-state index contributed by atoms with van der Waals surface area (Å²) in [7, 11) is 1.70. The molecule has 0 bridgehead atoms. The fraction of sp³-hybridized carbons (Fsp3) is 0.357. The van der Waals surface area contributed by atoms with Gasteiger partial charge in [0.2, 0.25) is 0 Å². The molecular weight excluding hydrogens is 440 g/mol. The molecule has 6 rings (SSSR count). The molecule has 3 aromatic heterocycles. The number of aryl methyl sites for hydroxylation is 2. The maximum absolute atomic E-state index is 5.75. The largest absolute Gasteiger partial charge is 0.381 e. The first kappa shape index (κ1) is 22.1. The van der Waals surface area contributed by atoms with Gasteiger partial charge in [-0.05, 0) is 50.3 Å². The molecule has 5 heterocycles. The smallest absolute Gasteiger partial charge is 0.141 e. The molecule has 2 aliphatic rings. The van der Waals surface area contributed by atoms with Gasteiger partial charge >= 0.3 is 0 Å². The van der Waals surface area contributed by atoms with Gasteiger partial charge in [0.25, 0.3) is 0 Å². The van der Waals surface area contributed by atoms with E-state index >= 15 is 0 Å². The van der Waals surface area contributed by atoms with E-state index in [0.29, 0.717) is 12.5 Å². The molecule has 7 nitrogen and oxygen atoms in total. The third-order valence-corrected chi connectivity index (χ3v) is 7.34. The van der Waals surface area contributed by atoms with Crippen molar-refractivity contribution in [2.75, 3.05) is 26.9 Å². The topological polar surface area (TPSA) is 65.5 Å². The molecule has 0 aliphatic carbocycles. The highest BCUT2D eigenvalue weighted by atomic mass is 16.7. The summed E-state index contributed by atoms with van der Waals surface area (Å²) in [5.74, 6) is 1.27. The molecule has 1 unspecified atom stereocenters. The van der Waals surface area contributed by atoms with E-state index in [2.05, 4.69) is 58.4 Å². The molecule has 1 atom stereocenters. The van der Waals surface area contributed by atoms with Crippen molar-refractivity contribution in [1.82, 2.24) is 19.8 Å². The summed E-state index contributed by atoms with van der Waals surface area (Å²) in [6.45, 7) is 6.21. The summed E-state index contributed by atoms with van der Waals surface area (Å²) in [5, 5.41) is 8.31. The minimum absolute atomic E-state index is 0.173. The Balaban J connectivity index is 1.66. The lowest BCUT2D eigenvalue weighted by Crippen LogP contribution is -2.41. The van der Waals surface area contributed by atoms with E-state index in [9.17, 15) is 0 Å². The van der Waals surface area contributed by atoms with Crippen molar-refractivity contribution in [3.63, 3.8) is 0 Å². The van der Waals surface area contributed by atoms with E-state index < -0.39 is 0 Å². The molecule has 0 amide bonds. The van der Waals surface area contributed by atoms with E-state index in [1.807, 2.05) is 25.1 Å². The molecule has 0 saturated carbocycles. The zero-order chi connectivity index (χ0) is 23.9. The van der Waals surface area contributed by atoms with E-state index in [0.717, 1.165) is 64.9 Å². The number of fused-ring (bicyclic) bond motifs is 3. The molecule has 4 aromatic rings. The Bertz CT molecular complexity index is 1460. The Kier molecular flexibility index (Phi) is 5.66. The predicted molar refractivity (Wildman–Crippen MR) is 135 cm³/mol. The zero-order valence-corrected chi connectivity index (χ0v) is 20.4. The van der Waals surface area contributed by atoms with E-state index in [1.54, 1.807) is 7.11 Å². The van der Waals surface area contributed by atoms with Crippen LogP contribution in [0.1, 0.15) is 35.9 Å². The first-order chi connectivity index (χ1) is 17.2. The summed E-state index contributed by atoms with van der Waals surface area (Å²) in [4.78, 5) is 10.5. The molecule has 0 N–H and O–H groups in total. The van der Waals surface area contributed by atoms with Crippen LogP contribution in [0, 0.1) is 19.8 Å². The Morgan fingerprint density at radius 1 is 1.11 bits per heavy atom. The number of ether oxygens (including phenoxy) is 1. The average Bonchev–Trinajstić information content (AvgIpc) is 3.41. The van der Waals surface area contributed by atoms with Crippen molar-refractivity contribution in [3.8, 4) is 11.1 Å². The number of hydrogen-bond acceptors (Lipinski definition) is 6. The van der Waals surface area contributed by atoms with Crippen molar-refractivity contribution in [2.45, 2.75) is 32.7 Å². The summed E-state index contributed by atoms with van der Waals surface area (Å²) in [6, 6.07) is 13.3. The van der Waals surface area contributed by atoms with Crippen molar-refractivity contribution < 1.29 is 14.1 Å². The van der Waals surface area contributed by atoms with Gasteiger partial charge in [-0.3, -0.25) is 14.9 Å². The number of hydroxylamine groups is 2. The SMILES string of the molecule is CON1C=c2c(n(C(c3ccccc3)C3CCOCC3)c3cc(-c4c(C)noc4C)cnc23)=CC1. The Hall–Kier alpha value is -3.42. The third-order valence-electron chi connectivity index (χ3n) is 7.34. The van der Waals surface area contributed by atoms with Gasteiger partial charge in [-0.1, -0.05) is 35.5 Å². The monoisotopic (exact) mass is 470 g/mol. The van der Waals surface area contributed by atoms with Crippen LogP contribution >= 0.6 is 0 Å². The van der Waals surface area contributed by atoms with Crippen molar-refractivity contribution >= 4 is 23.3 Å². The first-order valence-electron chi connectivity index (χ1n) is 12.2. The highest BCUT2D eigenvalue weighted by Gasteiger charge is 2.30. The number of nitrogens with zero attached hydrogens (tertiary/aromatic N) is 4. The molecule has 1 aromatic carbocycles. The van der Waals surface area contributed by atoms with E-state index in [1.165, 1.54) is 10.9 Å². The van der Waals surface area contributed by atoms with Gasteiger partial charge < -0.3 is 13.8 Å². The highest BCUT2D eigenvalue weighted by molar-refractivity contribution is 5.84. The second-order valence-electron chi connectivity index (χ2n) is 9.38. The lowest BCUT2D eigenvalue weighted by molar-refractivity contribution is -0.0585. The minimum Gasteiger partial charge on any atom is -0.381 e. The lowest BCUT2D eigenvalue weighted by atomic mass is 9.86. The molecule has 35 heavy (non-hydrogen) atoms. The van der Waals surface area contributed by atoms with Crippen LogP contribution < -0.4 is 10.6 Å². The van der Waals surface area contributed by atoms with Crippen LogP contribution in [0.3, 0.4) is 0 Å². The summed E-state index contributed by atoms with van der Waals surface area (Å²) >= 11 is 0. The van der Waals surface area contributed by atoms with Gasteiger partial charge in [-0.2, -0.15) is 0 Å². The minimum atomic E-state index is 0.173. The van der Waals surface area contributed by atoms with Crippen LogP contribution in [0.25, 0.3) is 34.4 Å². The molecular formula is C28H30N4O3. The molecule has 0 spiro atoms. The van der Waals surface area contributed by atoms with Crippen LogP contribution in [-0.4, -0.2) is 46.6 Å². The molecule has 1 saturated heterocycles. The lowest BCUT2D eigenvalue weighted by Gasteiger charge is -2.33. The molecule has 1 fully saturated rings. The van der Waals surface area contributed by atoms with Crippen LogP contribution in [0.5, 0.6) is 0 Å². The zero-order valence-electron chi connectivity index (χ0n) is 20.4. The van der Waals surface area contributed by atoms with Gasteiger partial charge in [0, 0.05) is 42.0 Å². The van der Waals surface area contributed by atoms with Crippen molar-refractivity contribution in [2.24, 2.45) is 5.92 Å². The second-order valence-corrected chi connectivity index (χ2v) is 9.38. The Morgan fingerprint density at radius 3 is 2.63 bits per heavy atom. The van der Waals surface area contributed by atoms with Crippen molar-refractivity contribution in [3.05, 3.63) is 70.2 Å². The summed E-state index contributed by atoms with van der Waals surface area (Å²) in [5.41, 5.74) is 6.30. The van der Waals surface area contributed by atoms with Crippen LogP contribution in [0.4, 0.5) is 0 Å². The summed E-state index contributed by atoms with van der Waals surface area (Å²) < 4.78 is 13.7. The Morgan fingerprint density at radius 2 is 1.91 bits per heavy atom. The molecule has 7 heteroatoms. The number of hydrogen-bond donors (Lipinski definition) is 0. The molecule has 180 valence electrons. The standard InChI is InChI=1S/C28H30N4O3/c1-18-26(19(2)35-30-18)22-15-25-27(29-16-22)23-17-31(33-3)12-9-24(23)32(25)28(20-7-5-4-6-8-20)21-10-13-34-14-11-21/h4-9,15-17,21,28H,10-14H2,1-3H3. The number of pyridine rings is 1. The van der Waals surface area contributed by atoms with Gasteiger partial charge in [0.05, 0.1) is 41.8 Å². The highest BCUT2D eigenvalue weighted by Crippen LogP contribution is 2.36. The van der Waals surface area contributed by atoms with Gasteiger partial charge in [0.15, 0.2) is 0 Å². The molecule has 0 radical (unpaired) electrons. The van der Waals surface area contributed by atoms with Crippen LogP contribution in [0.15, 0.2) is 47.1 Å². The second kappa shape index (κ2) is 8.98. The van der Waals surface area contributed by atoms with Gasteiger partial charge in [0.1, 0.15) is 5.76 Å². The normalized spacial score (nSPS) is 17.2.